The van der Waals surface area contributed by atoms with Gasteiger partial charge in [0.2, 0.25) is 0 Å². The van der Waals surface area contributed by atoms with Crippen LogP contribution in [-0.4, -0.2) is 23.2 Å². The highest BCUT2D eigenvalue weighted by molar-refractivity contribution is 7.18. The van der Waals surface area contributed by atoms with Crippen LogP contribution >= 0.6 is 11.3 Å². The molecular weight excluding hydrogens is 344 g/mol. The zero-order valence-corrected chi connectivity index (χ0v) is 16.0. The molecule has 0 bridgehead atoms. The van der Waals surface area contributed by atoms with Crippen LogP contribution in [0, 0.1) is 24.7 Å². The van der Waals surface area contributed by atoms with Crippen LogP contribution in [0.4, 0.5) is 5.69 Å². The minimum atomic E-state index is 0.177. The van der Waals surface area contributed by atoms with Gasteiger partial charge in [0.05, 0.1) is 28.5 Å². The molecule has 1 heterocycles. The molecule has 0 spiro atoms. The first kappa shape index (κ1) is 18.1. The standard InChI is InChI=1S/C21H22N2O2S/c1-14(2)13-25-19-9-5-4-8-17(19)22-10-6-7-16-11-18(24)21-20(12-16)26-15(3)23-21/h4-5,8-9,11-12,14,22,24H,10,13H2,1-3H3. The normalized spacial score (nSPS) is 10.6. The van der Waals surface area contributed by atoms with Gasteiger partial charge in [0.25, 0.3) is 0 Å². The third kappa shape index (κ3) is 4.47. The first-order valence-corrected chi connectivity index (χ1v) is 9.39. The second-order valence-corrected chi connectivity index (χ2v) is 7.67. The number of nitrogens with one attached hydrogen (secondary N) is 1. The smallest absolute Gasteiger partial charge is 0.143 e. The van der Waals surface area contributed by atoms with Crippen molar-refractivity contribution < 1.29 is 9.84 Å². The maximum atomic E-state index is 10.1. The van der Waals surface area contributed by atoms with Gasteiger partial charge in [-0.2, -0.15) is 0 Å². The molecule has 0 aliphatic rings. The number of benzene rings is 2. The number of rotatable bonds is 5. The van der Waals surface area contributed by atoms with E-state index in [0.717, 1.165) is 26.7 Å². The van der Waals surface area contributed by atoms with Gasteiger partial charge < -0.3 is 15.2 Å². The van der Waals surface area contributed by atoms with Crippen LogP contribution in [0.5, 0.6) is 11.5 Å². The fourth-order valence-electron chi connectivity index (χ4n) is 2.48. The molecular formula is C21H22N2O2S. The van der Waals surface area contributed by atoms with Crippen LogP contribution in [0.3, 0.4) is 0 Å². The zero-order valence-electron chi connectivity index (χ0n) is 15.2. The molecule has 3 aromatic rings. The fraction of sp³-hybridized carbons (Fsp3) is 0.286. The van der Waals surface area contributed by atoms with E-state index in [2.05, 4.69) is 36.0 Å². The number of thiazole rings is 1. The molecule has 26 heavy (non-hydrogen) atoms. The molecule has 1 aromatic heterocycles. The topological polar surface area (TPSA) is 54.4 Å². The summed E-state index contributed by atoms with van der Waals surface area (Å²) >= 11 is 1.56. The third-order valence-corrected chi connectivity index (χ3v) is 4.56. The molecule has 0 aliphatic carbocycles. The number of aromatic hydroxyl groups is 1. The number of hydrogen-bond donors (Lipinski definition) is 2. The highest BCUT2D eigenvalue weighted by Crippen LogP contribution is 2.30. The number of anilines is 1. The Bertz CT molecular complexity index is 967. The quantitative estimate of drug-likeness (QED) is 0.636. The van der Waals surface area contributed by atoms with Crippen LogP contribution in [0.15, 0.2) is 36.4 Å². The molecule has 5 heteroatoms. The molecule has 0 unspecified atom stereocenters. The van der Waals surface area contributed by atoms with Gasteiger partial charge in [-0.05, 0) is 37.1 Å². The number of aromatic nitrogens is 1. The first-order valence-electron chi connectivity index (χ1n) is 8.57. The second kappa shape index (κ2) is 8.11. The number of phenolic OH excluding ortho intramolecular Hbond substituents is 1. The molecule has 0 saturated carbocycles. The van der Waals surface area contributed by atoms with E-state index in [1.807, 2.05) is 37.3 Å². The van der Waals surface area contributed by atoms with E-state index in [9.17, 15) is 5.11 Å². The maximum absolute atomic E-state index is 10.1. The van der Waals surface area contributed by atoms with Gasteiger partial charge in [-0.15, -0.1) is 11.3 Å². The van der Waals surface area contributed by atoms with E-state index < -0.39 is 0 Å². The highest BCUT2D eigenvalue weighted by Gasteiger charge is 2.07. The molecule has 3 rings (SSSR count). The Labute approximate surface area is 157 Å². The van der Waals surface area contributed by atoms with Crippen LogP contribution in [-0.2, 0) is 0 Å². The van der Waals surface area contributed by atoms with Crippen LogP contribution in [0.2, 0.25) is 0 Å². The average Bonchev–Trinajstić information content (AvgIpc) is 2.98. The van der Waals surface area contributed by atoms with Gasteiger partial charge in [-0.3, -0.25) is 0 Å². The summed E-state index contributed by atoms with van der Waals surface area (Å²) < 4.78 is 6.78. The van der Waals surface area contributed by atoms with Crippen molar-refractivity contribution in [2.45, 2.75) is 20.8 Å². The summed E-state index contributed by atoms with van der Waals surface area (Å²) in [5.41, 5.74) is 2.36. The van der Waals surface area contributed by atoms with Gasteiger partial charge in [0, 0.05) is 5.56 Å². The average molecular weight is 366 g/mol. The van der Waals surface area contributed by atoms with E-state index in [0.29, 0.717) is 24.6 Å². The molecule has 2 aromatic carbocycles. The van der Waals surface area contributed by atoms with Gasteiger partial charge in [-0.25, -0.2) is 4.98 Å². The number of ether oxygens (including phenoxy) is 1. The molecule has 4 nitrogen and oxygen atoms in total. The van der Waals surface area contributed by atoms with Gasteiger partial charge in [-0.1, -0.05) is 37.8 Å². The Hall–Kier alpha value is -2.71. The summed E-state index contributed by atoms with van der Waals surface area (Å²) in [7, 11) is 0. The largest absolute Gasteiger partial charge is 0.506 e. The van der Waals surface area contributed by atoms with Crippen molar-refractivity contribution in [3.05, 3.63) is 47.0 Å². The van der Waals surface area contributed by atoms with Gasteiger partial charge in [0.1, 0.15) is 17.0 Å². The SMILES string of the molecule is Cc1nc2c(O)cc(C#CCNc3ccccc3OCC(C)C)cc2s1. The van der Waals surface area contributed by atoms with Crippen molar-refractivity contribution in [1.29, 1.82) is 0 Å². The summed E-state index contributed by atoms with van der Waals surface area (Å²) in [5, 5.41) is 14.3. The van der Waals surface area contributed by atoms with Crippen molar-refractivity contribution in [3.63, 3.8) is 0 Å². The van der Waals surface area contributed by atoms with Crippen molar-refractivity contribution >= 4 is 27.2 Å². The summed E-state index contributed by atoms with van der Waals surface area (Å²) in [5.74, 6) is 7.68. The van der Waals surface area contributed by atoms with E-state index in [1.54, 1.807) is 17.4 Å². The molecule has 0 atom stereocenters. The highest BCUT2D eigenvalue weighted by atomic mass is 32.1. The van der Waals surface area contributed by atoms with Crippen LogP contribution in [0.25, 0.3) is 10.2 Å². The lowest BCUT2D eigenvalue weighted by atomic mass is 10.2. The Morgan fingerprint density at radius 1 is 1.27 bits per heavy atom. The lowest BCUT2D eigenvalue weighted by molar-refractivity contribution is 0.272. The monoisotopic (exact) mass is 366 g/mol. The minimum absolute atomic E-state index is 0.177. The van der Waals surface area contributed by atoms with Crippen molar-refractivity contribution in [3.8, 4) is 23.3 Å². The zero-order chi connectivity index (χ0) is 18.5. The van der Waals surface area contributed by atoms with E-state index in [1.165, 1.54) is 0 Å². The minimum Gasteiger partial charge on any atom is -0.506 e. The molecule has 2 N–H and O–H groups in total. The second-order valence-electron chi connectivity index (χ2n) is 6.43. The first-order chi connectivity index (χ1) is 12.5. The molecule has 0 fully saturated rings. The number of fused-ring (bicyclic) bond motifs is 1. The Balaban J connectivity index is 1.68. The van der Waals surface area contributed by atoms with Crippen LogP contribution < -0.4 is 10.1 Å². The molecule has 134 valence electrons. The summed E-state index contributed by atoms with van der Waals surface area (Å²) in [6.07, 6.45) is 0. The Morgan fingerprint density at radius 3 is 2.88 bits per heavy atom. The van der Waals surface area contributed by atoms with Crippen molar-refractivity contribution in [1.82, 2.24) is 4.98 Å². The summed E-state index contributed by atoms with van der Waals surface area (Å²) in [4.78, 5) is 4.32. The summed E-state index contributed by atoms with van der Waals surface area (Å²) in [6.45, 7) is 7.34. The molecule has 0 saturated heterocycles. The predicted molar refractivity (Wildman–Crippen MR) is 108 cm³/mol. The summed E-state index contributed by atoms with van der Waals surface area (Å²) in [6, 6.07) is 11.5. The lowest BCUT2D eigenvalue weighted by Crippen LogP contribution is -2.07. The van der Waals surface area contributed by atoms with Crippen molar-refractivity contribution in [2.75, 3.05) is 18.5 Å². The Morgan fingerprint density at radius 2 is 2.08 bits per heavy atom. The number of hydrogen-bond acceptors (Lipinski definition) is 5. The number of nitrogens with zero attached hydrogens (tertiary/aromatic N) is 1. The number of aryl methyl sites for hydroxylation is 1. The molecule has 0 radical (unpaired) electrons. The maximum Gasteiger partial charge on any atom is 0.143 e. The third-order valence-electron chi connectivity index (χ3n) is 3.64. The fourth-order valence-corrected chi connectivity index (χ4v) is 3.36. The van der Waals surface area contributed by atoms with E-state index in [-0.39, 0.29) is 5.75 Å². The van der Waals surface area contributed by atoms with E-state index >= 15 is 0 Å². The predicted octanol–water partition coefficient (Wildman–Crippen LogP) is 4.81. The van der Waals surface area contributed by atoms with Gasteiger partial charge in [0.15, 0.2) is 0 Å². The van der Waals surface area contributed by atoms with Crippen LogP contribution in [0.1, 0.15) is 24.4 Å². The van der Waals surface area contributed by atoms with E-state index in [4.69, 9.17) is 4.74 Å². The molecule has 0 amide bonds. The Kier molecular flexibility index (Phi) is 5.65. The van der Waals surface area contributed by atoms with Crippen molar-refractivity contribution in [2.24, 2.45) is 5.92 Å². The lowest BCUT2D eigenvalue weighted by Gasteiger charge is -2.13. The van der Waals surface area contributed by atoms with Gasteiger partial charge >= 0.3 is 0 Å². The number of para-hydroxylation sites is 2. The number of phenols is 1. The molecule has 0 aliphatic heterocycles.